The Hall–Kier alpha value is -1.31. The molecule has 0 atom stereocenters. The maximum Gasteiger partial charge on any atom is 0.0340 e. The number of rotatable bonds is 1. The van der Waals surface area contributed by atoms with Crippen molar-refractivity contribution >= 4 is 6.08 Å². The standard InChI is InChI=1S/C7H8N2/c8-4-3-7-2-1-5-9-6-7/h1-6H,8H2. The third-order valence-electron chi connectivity index (χ3n) is 0.973. The summed E-state index contributed by atoms with van der Waals surface area (Å²) in [5.74, 6) is 0. The SMILES string of the molecule is NC=Cc1cccnc1. The highest BCUT2D eigenvalue weighted by Crippen LogP contribution is 1.95. The van der Waals surface area contributed by atoms with E-state index in [0.29, 0.717) is 0 Å². The molecule has 0 aromatic carbocycles. The first-order valence-corrected chi connectivity index (χ1v) is 2.72. The second-order valence-corrected chi connectivity index (χ2v) is 1.65. The molecule has 2 N–H and O–H groups in total. The maximum absolute atomic E-state index is 5.15. The molecule has 0 aliphatic carbocycles. The minimum atomic E-state index is 1.03. The molecule has 1 heterocycles. The lowest BCUT2D eigenvalue weighted by Crippen LogP contribution is -1.77. The Morgan fingerprint density at radius 3 is 3.00 bits per heavy atom. The van der Waals surface area contributed by atoms with Crippen LogP contribution in [0.5, 0.6) is 0 Å². The van der Waals surface area contributed by atoms with Gasteiger partial charge in [0.1, 0.15) is 0 Å². The van der Waals surface area contributed by atoms with Crippen molar-refractivity contribution in [3.63, 3.8) is 0 Å². The molecule has 2 nitrogen and oxygen atoms in total. The zero-order chi connectivity index (χ0) is 6.53. The second kappa shape index (κ2) is 2.87. The quantitative estimate of drug-likeness (QED) is 0.600. The van der Waals surface area contributed by atoms with Gasteiger partial charge in [0.15, 0.2) is 0 Å². The Bertz CT molecular complexity index is 191. The predicted octanol–water partition coefficient (Wildman–Crippen LogP) is 1.01. The van der Waals surface area contributed by atoms with Crippen LogP contribution in [0.25, 0.3) is 6.08 Å². The predicted molar refractivity (Wildman–Crippen MR) is 37.5 cm³/mol. The fourth-order valence-electron chi connectivity index (χ4n) is 0.586. The van der Waals surface area contributed by atoms with Gasteiger partial charge < -0.3 is 5.73 Å². The van der Waals surface area contributed by atoms with Gasteiger partial charge in [-0.1, -0.05) is 6.07 Å². The average Bonchev–Trinajstić information content (AvgIpc) is 1.91. The van der Waals surface area contributed by atoms with Crippen LogP contribution in [-0.2, 0) is 0 Å². The summed E-state index contributed by atoms with van der Waals surface area (Å²) in [6.45, 7) is 0. The van der Waals surface area contributed by atoms with Crippen molar-refractivity contribution in [1.82, 2.24) is 4.98 Å². The molecule has 9 heavy (non-hydrogen) atoms. The summed E-state index contributed by atoms with van der Waals surface area (Å²) in [6, 6.07) is 3.81. The summed E-state index contributed by atoms with van der Waals surface area (Å²) >= 11 is 0. The monoisotopic (exact) mass is 120 g/mol. The Balaban J connectivity index is 2.85. The maximum atomic E-state index is 5.15. The van der Waals surface area contributed by atoms with Crippen LogP contribution in [0.15, 0.2) is 30.7 Å². The number of hydrogen-bond acceptors (Lipinski definition) is 2. The van der Waals surface area contributed by atoms with Crippen LogP contribution in [0.4, 0.5) is 0 Å². The molecule has 0 spiro atoms. The zero-order valence-electron chi connectivity index (χ0n) is 4.99. The highest BCUT2D eigenvalue weighted by atomic mass is 14.6. The molecule has 0 aliphatic heterocycles. The Labute approximate surface area is 54.0 Å². The first-order chi connectivity index (χ1) is 4.43. The first kappa shape index (κ1) is 5.82. The fourth-order valence-corrected chi connectivity index (χ4v) is 0.586. The van der Waals surface area contributed by atoms with E-state index in [-0.39, 0.29) is 0 Å². The minimum absolute atomic E-state index is 1.03. The van der Waals surface area contributed by atoms with Crippen LogP contribution < -0.4 is 5.73 Å². The number of hydrogen-bond donors (Lipinski definition) is 1. The van der Waals surface area contributed by atoms with Crippen LogP contribution >= 0.6 is 0 Å². The van der Waals surface area contributed by atoms with Gasteiger partial charge in [-0.3, -0.25) is 4.98 Å². The lowest BCUT2D eigenvalue weighted by Gasteiger charge is -1.86. The molecule has 46 valence electrons. The van der Waals surface area contributed by atoms with E-state index in [4.69, 9.17) is 5.73 Å². The summed E-state index contributed by atoms with van der Waals surface area (Å²) in [5, 5.41) is 0. The fraction of sp³-hybridized carbons (Fsp3) is 0. The van der Waals surface area contributed by atoms with Gasteiger partial charge >= 0.3 is 0 Å². The van der Waals surface area contributed by atoms with Crippen molar-refractivity contribution < 1.29 is 0 Å². The second-order valence-electron chi connectivity index (χ2n) is 1.65. The van der Waals surface area contributed by atoms with Crippen LogP contribution in [0.1, 0.15) is 5.56 Å². The lowest BCUT2D eigenvalue weighted by atomic mass is 10.3. The summed E-state index contributed by atoms with van der Waals surface area (Å²) in [6.07, 6.45) is 6.78. The van der Waals surface area contributed by atoms with Gasteiger partial charge in [0.25, 0.3) is 0 Å². The highest BCUT2D eigenvalue weighted by molar-refractivity contribution is 5.46. The molecule has 0 amide bonds. The van der Waals surface area contributed by atoms with Crippen molar-refractivity contribution in [2.24, 2.45) is 5.73 Å². The number of pyridine rings is 1. The molecule has 0 bridgehead atoms. The van der Waals surface area contributed by atoms with Crippen LogP contribution in [0, 0.1) is 0 Å². The Morgan fingerprint density at radius 1 is 1.56 bits per heavy atom. The van der Waals surface area contributed by atoms with Crippen LogP contribution in [0.3, 0.4) is 0 Å². The van der Waals surface area contributed by atoms with Gasteiger partial charge in [-0.2, -0.15) is 0 Å². The van der Waals surface area contributed by atoms with Gasteiger partial charge in [0.05, 0.1) is 0 Å². The van der Waals surface area contributed by atoms with Gasteiger partial charge in [-0.15, -0.1) is 0 Å². The van der Waals surface area contributed by atoms with Gasteiger partial charge in [-0.05, 0) is 23.9 Å². The van der Waals surface area contributed by atoms with E-state index >= 15 is 0 Å². The van der Waals surface area contributed by atoms with E-state index in [9.17, 15) is 0 Å². The number of nitrogens with two attached hydrogens (primary N) is 1. The molecule has 0 radical (unpaired) electrons. The van der Waals surface area contributed by atoms with E-state index in [1.807, 2.05) is 12.1 Å². The summed E-state index contributed by atoms with van der Waals surface area (Å²) in [5.41, 5.74) is 6.18. The molecule has 1 rings (SSSR count). The van der Waals surface area contributed by atoms with Crippen molar-refractivity contribution in [2.45, 2.75) is 0 Å². The normalized spacial score (nSPS) is 10.2. The Kier molecular flexibility index (Phi) is 1.85. The smallest absolute Gasteiger partial charge is 0.0340 e. The molecular formula is C7H8N2. The average molecular weight is 120 g/mol. The zero-order valence-corrected chi connectivity index (χ0v) is 4.99. The van der Waals surface area contributed by atoms with E-state index < -0.39 is 0 Å². The number of aromatic nitrogens is 1. The molecule has 0 aliphatic rings. The summed E-state index contributed by atoms with van der Waals surface area (Å²) in [4.78, 5) is 3.90. The topological polar surface area (TPSA) is 38.9 Å². The van der Waals surface area contributed by atoms with E-state index in [1.165, 1.54) is 6.20 Å². The summed E-state index contributed by atoms with van der Waals surface area (Å²) in [7, 11) is 0. The highest BCUT2D eigenvalue weighted by Gasteiger charge is 1.79. The molecule has 0 saturated carbocycles. The van der Waals surface area contributed by atoms with E-state index in [1.54, 1.807) is 18.5 Å². The van der Waals surface area contributed by atoms with Crippen molar-refractivity contribution in [3.05, 3.63) is 36.3 Å². The third kappa shape index (κ3) is 1.57. The van der Waals surface area contributed by atoms with Crippen molar-refractivity contribution in [1.29, 1.82) is 0 Å². The molecule has 0 fully saturated rings. The van der Waals surface area contributed by atoms with E-state index in [0.717, 1.165) is 5.56 Å². The van der Waals surface area contributed by atoms with Crippen LogP contribution in [0.2, 0.25) is 0 Å². The van der Waals surface area contributed by atoms with Gasteiger partial charge in [0, 0.05) is 12.4 Å². The Morgan fingerprint density at radius 2 is 2.44 bits per heavy atom. The lowest BCUT2D eigenvalue weighted by molar-refractivity contribution is 1.32. The summed E-state index contributed by atoms with van der Waals surface area (Å²) < 4.78 is 0. The number of nitrogens with zero attached hydrogens (tertiary/aromatic N) is 1. The van der Waals surface area contributed by atoms with E-state index in [2.05, 4.69) is 4.98 Å². The van der Waals surface area contributed by atoms with Crippen LogP contribution in [-0.4, -0.2) is 4.98 Å². The van der Waals surface area contributed by atoms with Gasteiger partial charge in [-0.25, -0.2) is 0 Å². The first-order valence-electron chi connectivity index (χ1n) is 2.72. The molecule has 0 unspecified atom stereocenters. The molecule has 0 saturated heterocycles. The molecule has 2 heteroatoms. The molecule has 1 aromatic rings. The van der Waals surface area contributed by atoms with Crippen molar-refractivity contribution in [2.75, 3.05) is 0 Å². The molecule has 1 aromatic heterocycles. The largest absolute Gasteiger partial charge is 0.405 e. The van der Waals surface area contributed by atoms with Gasteiger partial charge in [0.2, 0.25) is 0 Å². The minimum Gasteiger partial charge on any atom is -0.405 e. The molecular weight excluding hydrogens is 112 g/mol. The van der Waals surface area contributed by atoms with Crippen molar-refractivity contribution in [3.8, 4) is 0 Å². The third-order valence-corrected chi connectivity index (χ3v) is 0.973.